The van der Waals surface area contributed by atoms with Gasteiger partial charge in [-0.15, -0.1) is 0 Å². The third kappa shape index (κ3) is 2.58. The molecule has 1 amide bonds. The first-order chi connectivity index (χ1) is 8.63. The van der Waals surface area contributed by atoms with Crippen molar-refractivity contribution in [3.63, 3.8) is 0 Å². The van der Waals surface area contributed by atoms with E-state index in [0.717, 1.165) is 5.69 Å². The Balaban J connectivity index is 2.06. The van der Waals surface area contributed by atoms with Crippen LogP contribution in [0.15, 0.2) is 18.3 Å². The second-order valence-electron chi connectivity index (χ2n) is 5.45. The number of amides is 1. The lowest BCUT2D eigenvalue weighted by Crippen LogP contribution is -2.44. The molecule has 1 saturated carbocycles. The molecule has 1 fully saturated rings. The zero-order chi connectivity index (χ0) is 13.1. The Labute approximate surface area is 109 Å². The third-order valence-electron chi connectivity index (χ3n) is 3.85. The van der Waals surface area contributed by atoms with Crippen LogP contribution in [-0.2, 0) is 0 Å². The summed E-state index contributed by atoms with van der Waals surface area (Å²) in [6.07, 6.45) is 5.63. The Hall–Kier alpha value is -1.29. The fourth-order valence-electron chi connectivity index (χ4n) is 2.31. The van der Waals surface area contributed by atoms with E-state index < -0.39 is 0 Å². The van der Waals surface area contributed by atoms with Gasteiger partial charge in [0.15, 0.2) is 0 Å². The summed E-state index contributed by atoms with van der Waals surface area (Å²) in [6, 6.07) is 4.39. The van der Waals surface area contributed by atoms with Crippen LogP contribution in [0.1, 0.15) is 49.6 Å². The highest BCUT2D eigenvalue weighted by Gasteiger charge is 2.24. The highest BCUT2D eigenvalue weighted by Crippen LogP contribution is 2.32. The van der Waals surface area contributed by atoms with Gasteiger partial charge in [-0.05, 0) is 37.3 Å². The van der Waals surface area contributed by atoms with Gasteiger partial charge in [-0.25, -0.2) is 0 Å². The summed E-state index contributed by atoms with van der Waals surface area (Å²) in [7, 11) is 0. The van der Waals surface area contributed by atoms with Crippen LogP contribution < -0.4 is 11.1 Å². The van der Waals surface area contributed by atoms with Crippen LogP contribution in [0.25, 0.3) is 0 Å². The molecule has 4 heteroatoms. The van der Waals surface area contributed by atoms with Gasteiger partial charge in [0.2, 0.25) is 0 Å². The Bertz CT molecular complexity index is 407. The zero-order valence-corrected chi connectivity index (χ0v) is 11.2. The molecule has 0 saturated heterocycles. The number of aromatic nitrogens is 1. The first-order valence-corrected chi connectivity index (χ1v) is 6.81. The molecular formula is C14H23N3O. The number of nitrogens with one attached hydrogen (secondary N) is 1. The molecule has 100 valence electrons. The van der Waals surface area contributed by atoms with E-state index in [1.54, 1.807) is 0 Å². The number of hydrogen-bond acceptors (Lipinski definition) is 2. The molecule has 2 rings (SSSR count). The van der Waals surface area contributed by atoms with Crippen molar-refractivity contribution >= 4 is 5.91 Å². The van der Waals surface area contributed by atoms with E-state index in [-0.39, 0.29) is 11.9 Å². The van der Waals surface area contributed by atoms with Crippen molar-refractivity contribution in [3.05, 3.63) is 24.0 Å². The minimum atomic E-state index is -0.00366. The zero-order valence-electron chi connectivity index (χ0n) is 11.2. The monoisotopic (exact) mass is 249 g/mol. The smallest absolute Gasteiger partial charge is 0.268 e. The van der Waals surface area contributed by atoms with Crippen LogP contribution in [0.2, 0.25) is 0 Å². The summed E-state index contributed by atoms with van der Waals surface area (Å²) in [6.45, 7) is 4.62. The quantitative estimate of drug-likeness (QED) is 0.837. The van der Waals surface area contributed by atoms with Crippen molar-refractivity contribution in [1.29, 1.82) is 0 Å². The fourth-order valence-corrected chi connectivity index (χ4v) is 2.31. The average Bonchev–Trinajstić information content (AvgIpc) is 2.71. The lowest BCUT2D eigenvalue weighted by Gasteiger charge is -2.29. The molecule has 1 aromatic rings. The van der Waals surface area contributed by atoms with E-state index in [1.165, 1.54) is 19.3 Å². The van der Waals surface area contributed by atoms with Crippen LogP contribution in [0, 0.1) is 5.92 Å². The average molecular weight is 249 g/mol. The topological polar surface area (TPSA) is 60.0 Å². The van der Waals surface area contributed by atoms with E-state index in [0.29, 0.717) is 18.5 Å². The summed E-state index contributed by atoms with van der Waals surface area (Å²) in [5.41, 5.74) is 6.45. The molecular weight excluding hydrogens is 226 g/mol. The first kappa shape index (κ1) is 13.1. The van der Waals surface area contributed by atoms with E-state index in [1.807, 2.05) is 18.3 Å². The van der Waals surface area contributed by atoms with Gasteiger partial charge in [0.05, 0.1) is 0 Å². The van der Waals surface area contributed by atoms with Crippen LogP contribution in [-0.4, -0.2) is 23.1 Å². The molecule has 0 aliphatic heterocycles. The Morgan fingerprint density at radius 2 is 2.28 bits per heavy atom. The first-order valence-electron chi connectivity index (χ1n) is 6.81. The summed E-state index contributed by atoms with van der Waals surface area (Å²) in [5, 5.41) is 3.03. The lowest BCUT2D eigenvalue weighted by atomic mass is 9.93. The van der Waals surface area contributed by atoms with Crippen molar-refractivity contribution in [1.82, 2.24) is 9.88 Å². The van der Waals surface area contributed by atoms with Crippen molar-refractivity contribution < 1.29 is 4.79 Å². The summed E-state index contributed by atoms with van der Waals surface area (Å²) < 4.78 is 2.10. The molecule has 1 heterocycles. The normalized spacial score (nSPS) is 17.6. The largest absolute Gasteiger partial charge is 0.347 e. The number of hydrogen-bond donors (Lipinski definition) is 2. The van der Waals surface area contributed by atoms with Crippen molar-refractivity contribution in [3.8, 4) is 0 Å². The molecule has 3 N–H and O–H groups in total. The van der Waals surface area contributed by atoms with E-state index >= 15 is 0 Å². The predicted molar refractivity (Wildman–Crippen MR) is 72.5 cm³/mol. The number of carbonyl (C=O) groups is 1. The maximum absolute atomic E-state index is 12.3. The molecule has 1 atom stereocenters. The number of rotatable bonds is 5. The van der Waals surface area contributed by atoms with E-state index in [2.05, 4.69) is 23.7 Å². The summed E-state index contributed by atoms with van der Waals surface area (Å²) in [4.78, 5) is 12.3. The SMILES string of the molecule is CC(C)C(CN)NC(=O)c1cccn1C1CCC1. The van der Waals surface area contributed by atoms with Crippen molar-refractivity contribution in [2.75, 3.05) is 6.54 Å². The van der Waals surface area contributed by atoms with E-state index in [4.69, 9.17) is 5.73 Å². The van der Waals surface area contributed by atoms with Crippen LogP contribution in [0.3, 0.4) is 0 Å². The number of carbonyl (C=O) groups excluding carboxylic acids is 1. The number of nitrogens with zero attached hydrogens (tertiary/aromatic N) is 1. The molecule has 0 spiro atoms. The molecule has 1 aliphatic carbocycles. The van der Waals surface area contributed by atoms with Crippen LogP contribution in [0.4, 0.5) is 0 Å². The lowest BCUT2D eigenvalue weighted by molar-refractivity contribution is 0.0912. The predicted octanol–water partition coefficient (Wildman–Crippen LogP) is 1.93. The van der Waals surface area contributed by atoms with Gasteiger partial charge in [0.1, 0.15) is 5.69 Å². The van der Waals surface area contributed by atoms with Gasteiger partial charge in [0, 0.05) is 24.8 Å². The maximum Gasteiger partial charge on any atom is 0.268 e. The Morgan fingerprint density at radius 3 is 2.78 bits per heavy atom. The molecule has 0 aromatic carbocycles. The standard InChI is InChI=1S/C14H23N3O/c1-10(2)12(9-15)16-14(18)13-7-4-8-17(13)11-5-3-6-11/h4,7-8,10-12H,3,5-6,9,15H2,1-2H3,(H,16,18). The molecule has 1 unspecified atom stereocenters. The summed E-state index contributed by atoms with van der Waals surface area (Å²) >= 11 is 0. The van der Waals surface area contributed by atoms with E-state index in [9.17, 15) is 4.79 Å². The molecule has 4 nitrogen and oxygen atoms in total. The highest BCUT2D eigenvalue weighted by atomic mass is 16.2. The molecule has 0 radical (unpaired) electrons. The molecule has 1 aromatic heterocycles. The fraction of sp³-hybridized carbons (Fsp3) is 0.643. The highest BCUT2D eigenvalue weighted by molar-refractivity contribution is 5.93. The second-order valence-corrected chi connectivity index (χ2v) is 5.45. The minimum Gasteiger partial charge on any atom is -0.347 e. The third-order valence-corrected chi connectivity index (χ3v) is 3.85. The van der Waals surface area contributed by atoms with Crippen molar-refractivity contribution in [2.45, 2.75) is 45.2 Å². The molecule has 1 aliphatic rings. The minimum absolute atomic E-state index is 0.00366. The number of nitrogens with two attached hydrogens (primary N) is 1. The maximum atomic E-state index is 12.3. The van der Waals surface area contributed by atoms with Gasteiger partial charge < -0.3 is 15.6 Å². The summed E-state index contributed by atoms with van der Waals surface area (Å²) in [5.74, 6) is 0.349. The van der Waals surface area contributed by atoms with Gasteiger partial charge >= 0.3 is 0 Å². The van der Waals surface area contributed by atoms with Gasteiger partial charge in [-0.2, -0.15) is 0 Å². The molecule has 0 bridgehead atoms. The molecule has 18 heavy (non-hydrogen) atoms. The van der Waals surface area contributed by atoms with Gasteiger partial charge in [0.25, 0.3) is 5.91 Å². The van der Waals surface area contributed by atoms with Gasteiger partial charge in [-0.3, -0.25) is 4.79 Å². The van der Waals surface area contributed by atoms with Crippen LogP contribution >= 0.6 is 0 Å². The Kier molecular flexibility index (Phi) is 4.07. The second kappa shape index (κ2) is 5.57. The Morgan fingerprint density at radius 1 is 1.56 bits per heavy atom. The van der Waals surface area contributed by atoms with Crippen molar-refractivity contribution in [2.24, 2.45) is 11.7 Å². The van der Waals surface area contributed by atoms with Gasteiger partial charge in [-0.1, -0.05) is 13.8 Å². The van der Waals surface area contributed by atoms with Crippen LogP contribution in [0.5, 0.6) is 0 Å².